The summed E-state index contributed by atoms with van der Waals surface area (Å²) in [5, 5.41) is 61.6. The van der Waals surface area contributed by atoms with Crippen molar-refractivity contribution in [1.29, 1.82) is 0 Å². The third kappa shape index (κ3) is 33.2. The molecule has 18 nitrogen and oxygen atoms in total. The van der Waals surface area contributed by atoms with Gasteiger partial charge in [-0.15, -0.1) is 0 Å². The lowest BCUT2D eigenvalue weighted by Crippen LogP contribution is -2.64. The molecule has 9 N–H and O–H groups in total. The SMILES string of the molecule is CCCCC/C=C\C/C=C\C/C=C\C/C=C\CCCC(=O)O[C@H](COC(=O)CCC[C@H](O)\C=C/C=C/C=C/[C@H](O)C/C=C\CCCCC)COP(=O)(O)O[C@H]1C(O)C(O)C(O)[C@@H](OP(=O)(O)O)C1O. The molecule has 10 atom stereocenters. The Balaban J connectivity index is 2.75. The highest BCUT2D eigenvalue weighted by molar-refractivity contribution is 7.47. The smallest absolute Gasteiger partial charge is 0.462 e. The van der Waals surface area contributed by atoms with E-state index in [9.17, 15) is 64.0 Å². The van der Waals surface area contributed by atoms with Gasteiger partial charge >= 0.3 is 27.6 Å². The van der Waals surface area contributed by atoms with E-state index in [2.05, 4.69) is 54.8 Å². The minimum absolute atomic E-state index is 0.0902. The molecule has 0 radical (unpaired) electrons. The molecule has 1 aliphatic rings. The fraction of sp³-hybridized carbons (Fsp3) is 0.633. The van der Waals surface area contributed by atoms with E-state index in [-0.39, 0.29) is 25.7 Å². The van der Waals surface area contributed by atoms with Gasteiger partial charge in [-0.1, -0.05) is 137 Å². The van der Waals surface area contributed by atoms with Crippen LogP contribution in [0.5, 0.6) is 0 Å². The van der Waals surface area contributed by atoms with Crippen LogP contribution in [0.2, 0.25) is 0 Å². The molecular weight excluding hydrogens is 938 g/mol. The Kier molecular flexibility index (Phi) is 35.6. The quantitative estimate of drug-likeness (QED) is 0.00978. The minimum atomic E-state index is -5.40. The molecule has 20 heteroatoms. The van der Waals surface area contributed by atoms with E-state index in [1.54, 1.807) is 30.4 Å². The average molecular weight is 1020 g/mol. The Hall–Kier alpha value is -3.16. The van der Waals surface area contributed by atoms with E-state index in [1.165, 1.54) is 31.8 Å². The molecule has 0 spiro atoms. The fourth-order valence-corrected chi connectivity index (χ4v) is 8.04. The lowest BCUT2D eigenvalue weighted by atomic mass is 9.85. The summed E-state index contributed by atoms with van der Waals surface area (Å²) >= 11 is 0. The van der Waals surface area contributed by atoms with Crippen LogP contribution >= 0.6 is 15.6 Å². The van der Waals surface area contributed by atoms with Crippen LogP contribution in [-0.2, 0) is 41.8 Å². The normalized spacial score (nSPS) is 22.9. The van der Waals surface area contributed by atoms with Gasteiger partial charge in [0.25, 0.3) is 0 Å². The van der Waals surface area contributed by atoms with Crippen molar-refractivity contribution in [3.8, 4) is 0 Å². The monoisotopic (exact) mass is 1020 g/mol. The molecule has 0 aromatic heterocycles. The molecule has 0 aromatic carbocycles. The number of unbranched alkanes of at least 4 members (excludes halogenated alkanes) is 7. The largest absolute Gasteiger partial charge is 0.472 e. The van der Waals surface area contributed by atoms with Gasteiger partial charge in [0.05, 0.1) is 18.8 Å². The summed E-state index contributed by atoms with van der Waals surface area (Å²) < 4.78 is 49.1. The number of phosphoric acid groups is 2. The van der Waals surface area contributed by atoms with Crippen molar-refractivity contribution in [1.82, 2.24) is 0 Å². The van der Waals surface area contributed by atoms with Crippen LogP contribution in [0, 0.1) is 0 Å². The Morgan fingerprint density at radius 3 is 1.59 bits per heavy atom. The van der Waals surface area contributed by atoms with Gasteiger partial charge in [0, 0.05) is 12.8 Å². The number of allylic oxidation sites excluding steroid dienone is 13. The number of aliphatic hydroxyl groups is 6. The van der Waals surface area contributed by atoms with E-state index in [0.717, 1.165) is 38.5 Å². The number of esters is 2. The lowest BCUT2D eigenvalue weighted by molar-refractivity contribution is -0.216. The number of phosphoric ester groups is 2. The summed E-state index contributed by atoms with van der Waals surface area (Å²) in [5.41, 5.74) is 0. The van der Waals surface area contributed by atoms with E-state index in [4.69, 9.17) is 18.5 Å². The van der Waals surface area contributed by atoms with E-state index < -0.39 is 95.7 Å². The van der Waals surface area contributed by atoms with Crippen LogP contribution in [0.25, 0.3) is 0 Å². The second-order valence-electron chi connectivity index (χ2n) is 16.5. The van der Waals surface area contributed by atoms with Crippen molar-refractivity contribution >= 4 is 27.6 Å². The van der Waals surface area contributed by atoms with Gasteiger partial charge in [0.1, 0.15) is 43.2 Å². The van der Waals surface area contributed by atoms with Crippen LogP contribution in [0.15, 0.2) is 97.2 Å². The predicted molar refractivity (Wildman–Crippen MR) is 262 cm³/mol. The van der Waals surface area contributed by atoms with E-state index in [0.29, 0.717) is 25.7 Å². The van der Waals surface area contributed by atoms with Crippen molar-refractivity contribution in [2.24, 2.45) is 0 Å². The number of carbonyl (C=O) groups is 2. The van der Waals surface area contributed by atoms with Crippen LogP contribution < -0.4 is 0 Å². The molecule has 0 aromatic rings. The van der Waals surface area contributed by atoms with Gasteiger partial charge in [-0.25, -0.2) is 9.13 Å². The van der Waals surface area contributed by atoms with Gasteiger partial charge < -0.3 is 54.8 Å². The Morgan fingerprint density at radius 1 is 0.551 bits per heavy atom. The van der Waals surface area contributed by atoms with Crippen LogP contribution in [0.1, 0.15) is 129 Å². The zero-order valence-corrected chi connectivity index (χ0v) is 42.0. The number of ether oxygens (including phenoxy) is 2. The molecule has 1 aliphatic carbocycles. The Labute approximate surface area is 408 Å². The van der Waals surface area contributed by atoms with E-state index >= 15 is 0 Å². The van der Waals surface area contributed by atoms with Crippen molar-refractivity contribution in [2.75, 3.05) is 13.2 Å². The van der Waals surface area contributed by atoms with Crippen molar-refractivity contribution in [3.05, 3.63) is 97.2 Å². The first-order valence-corrected chi connectivity index (χ1v) is 27.0. The highest BCUT2D eigenvalue weighted by atomic mass is 31.2. The fourth-order valence-electron chi connectivity index (χ4n) is 6.50. The average Bonchev–Trinajstić information content (AvgIpc) is 3.29. The first-order chi connectivity index (χ1) is 32.9. The maximum Gasteiger partial charge on any atom is 0.472 e. The van der Waals surface area contributed by atoms with Crippen LogP contribution in [0.4, 0.5) is 0 Å². The molecule has 1 fully saturated rings. The van der Waals surface area contributed by atoms with Gasteiger partial charge in [-0.3, -0.25) is 23.2 Å². The number of hydrogen-bond donors (Lipinski definition) is 9. The standard InChI is InChI=1S/C49H80O18P2/c1-3-5-7-9-11-12-13-14-15-16-17-18-19-20-21-23-29-35-43(53)65-41(38-64-69(61,62)67-49-46(56)44(54)45(55)48(47(49)57)66-68(58,59)60)37-63-42(52)36-30-34-40(51)33-28-25-24-27-32-39(50)31-26-22-10-8-6-4-2/h11-12,14-15,17-18,20-22,24-28,32-33,39-41,44-51,54-57H,3-10,13,16,19,23,29-31,34-38H2,1-2H3,(H,61,62)(H2,58,59,60)/b12-11-,15-14-,18-17-,21-20-,25-24+,26-22-,32-27+,33-28-/t39-,40-,41-,44?,45?,46?,47?,48-,49+/m1/s1. The first-order valence-electron chi connectivity index (χ1n) is 24.0. The molecule has 69 heavy (non-hydrogen) atoms. The summed E-state index contributed by atoms with van der Waals surface area (Å²) in [5.74, 6) is -1.52. The second kappa shape index (κ2) is 38.5. The summed E-state index contributed by atoms with van der Waals surface area (Å²) in [6.07, 6.45) is 27.0. The Morgan fingerprint density at radius 2 is 1.04 bits per heavy atom. The lowest BCUT2D eigenvalue weighted by Gasteiger charge is -2.43. The number of rotatable bonds is 38. The third-order valence-corrected chi connectivity index (χ3v) is 11.8. The zero-order valence-electron chi connectivity index (χ0n) is 40.2. The van der Waals surface area contributed by atoms with Gasteiger partial charge in [-0.05, 0) is 77.0 Å². The molecule has 1 rings (SSSR count). The molecule has 0 aliphatic heterocycles. The first kappa shape index (κ1) is 63.9. The second-order valence-corrected chi connectivity index (χ2v) is 19.1. The summed E-state index contributed by atoms with van der Waals surface area (Å²) in [4.78, 5) is 54.3. The van der Waals surface area contributed by atoms with Crippen LogP contribution in [-0.4, -0.2) is 125 Å². The summed E-state index contributed by atoms with van der Waals surface area (Å²) in [6, 6.07) is 0. The van der Waals surface area contributed by atoms with Gasteiger partial charge in [0.15, 0.2) is 6.10 Å². The third-order valence-electron chi connectivity index (χ3n) is 10.3. The molecule has 0 bridgehead atoms. The van der Waals surface area contributed by atoms with Crippen molar-refractivity contribution < 1.29 is 87.1 Å². The number of aliphatic hydroxyl groups excluding tert-OH is 6. The van der Waals surface area contributed by atoms with Gasteiger partial charge in [0.2, 0.25) is 0 Å². The molecule has 394 valence electrons. The van der Waals surface area contributed by atoms with Crippen LogP contribution in [0.3, 0.4) is 0 Å². The summed E-state index contributed by atoms with van der Waals surface area (Å²) in [7, 11) is -10.8. The predicted octanol–water partition coefficient (Wildman–Crippen LogP) is 7.11. The molecule has 5 unspecified atom stereocenters. The highest BCUT2D eigenvalue weighted by Gasteiger charge is 2.54. The van der Waals surface area contributed by atoms with Gasteiger partial charge in [-0.2, -0.15) is 0 Å². The maximum absolute atomic E-state index is 13.0. The Bertz CT molecular complexity index is 1740. The molecule has 1 saturated carbocycles. The minimum Gasteiger partial charge on any atom is -0.462 e. The summed E-state index contributed by atoms with van der Waals surface area (Å²) in [6.45, 7) is 2.75. The topological polar surface area (TPSA) is 296 Å². The molecular formula is C49H80O18P2. The number of hydrogen-bond acceptors (Lipinski definition) is 15. The van der Waals surface area contributed by atoms with E-state index in [1.807, 2.05) is 24.3 Å². The van der Waals surface area contributed by atoms with Crippen molar-refractivity contribution in [3.63, 3.8) is 0 Å². The molecule has 0 heterocycles. The van der Waals surface area contributed by atoms with Crippen molar-refractivity contribution in [2.45, 2.75) is 184 Å². The molecule has 0 amide bonds. The zero-order chi connectivity index (χ0) is 51.3. The highest BCUT2D eigenvalue weighted by Crippen LogP contribution is 2.49. The number of carbonyl (C=O) groups excluding carboxylic acids is 2. The maximum atomic E-state index is 13.0. The molecule has 0 saturated heterocycles.